The van der Waals surface area contributed by atoms with Crippen molar-refractivity contribution in [2.24, 2.45) is 0 Å². The number of methoxy groups -OCH3 is 2. The molecule has 0 saturated heterocycles. The molecule has 0 aliphatic heterocycles. The van der Waals surface area contributed by atoms with Crippen LogP contribution in [0.1, 0.15) is 60.2 Å². The lowest BCUT2D eigenvalue weighted by molar-refractivity contribution is -0.121. The largest absolute Gasteiger partial charge is 0.508 e. The fraction of sp³-hybridized carbons (Fsp3) is 0.222. The molecule has 0 bridgehead atoms. The molecule has 0 fully saturated rings. The van der Waals surface area contributed by atoms with Gasteiger partial charge in [0, 0.05) is 12.0 Å². The number of carbonyl (C=O) groups is 2. The van der Waals surface area contributed by atoms with Crippen molar-refractivity contribution in [2.45, 2.75) is 38.8 Å². The molecule has 0 saturated carbocycles. The van der Waals surface area contributed by atoms with E-state index in [9.17, 15) is 35.1 Å². The third-order valence-corrected chi connectivity index (χ3v) is 7.68. The van der Waals surface area contributed by atoms with Gasteiger partial charge >= 0.3 is 0 Å². The van der Waals surface area contributed by atoms with Crippen LogP contribution in [0.5, 0.6) is 40.2 Å². The number of hydrogen-bond donors (Lipinski definition) is 7. The predicted molar refractivity (Wildman–Crippen MR) is 177 cm³/mol. The quantitative estimate of drug-likeness (QED) is 0.0601. The van der Waals surface area contributed by atoms with E-state index < -0.39 is 23.4 Å². The highest BCUT2D eigenvalue weighted by Gasteiger charge is 2.22. The average Bonchev–Trinajstić information content (AvgIpc) is 3.05. The topological polar surface area (TPSA) is 178 Å². The van der Waals surface area contributed by atoms with Gasteiger partial charge in [-0.05, 0) is 103 Å². The van der Waals surface area contributed by atoms with E-state index in [-0.39, 0.29) is 64.7 Å². The number of phenols is 5. The Morgan fingerprint density at radius 1 is 0.723 bits per heavy atom. The second kappa shape index (κ2) is 15.0. The zero-order valence-corrected chi connectivity index (χ0v) is 26.4. The average molecular weight is 643 g/mol. The molecule has 0 spiro atoms. The van der Waals surface area contributed by atoms with E-state index in [4.69, 9.17) is 9.47 Å². The van der Waals surface area contributed by atoms with Gasteiger partial charge in [0.25, 0.3) is 5.91 Å². The van der Waals surface area contributed by atoms with Crippen molar-refractivity contribution in [1.29, 1.82) is 0 Å². The van der Waals surface area contributed by atoms with Crippen molar-refractivity contribution in [3.8, 4) is 40.2 Å². The number of hydrogen-bond acceptors (Lipinski definition) is 9. The molecule has 11 heteroatoms. The molecule has 2 amide bonds. The van der Waals surface area contributed by atoms with Gasteiger partial charge < -0.3 is 45.6 Å². The lowest BCUT2D eigenvalue weighted by Gasteiger charge is -2.19. The summed E-state index contributed by atoms with van der Waals surface area (Å²) in [5, 5.41) is 56.5. The number of benzene rings is 4. The first kappa shape index (κ1) is 34.0. The van der Waals surface area contributed by atoms with Gasteiger partial charge in [0.2, 0.25) is 11.7 Å². The lowest BCUT2D eigenvalue weighted by Crippen LogP contribution is -2.28. The highest BCUT2D eigenvalue weighted by atomic mass is 16.5. The number of phenolic OH excluding ortho intramolecular Hbond substituents is 5. The Morgan fingerprint density at radius 2 is 1.21 bits per heavy atom. The molecule has 0 aliphatic rings. The fourth-order valence-electron chi connectivity index (χ4n) is 5.04. The number of aryl methyl sites for hydroxylation is 1. The lowest BCUT2D eigenvalue weighted by atomic mass is 9.93. The second-order valence-electron chi connectivity index (χ2n) is 11.0. The minimum atomic E-state index is -0.548. The van der Waals surface area contributed by atoms with Crippen LogP contribution in [0.25, 0.3) is 11.6 Å². The first-order chi connectivity index (χ1) is 22.4. The van der Waals surface area contributed by atoms with Crippen molar-refractivity contribution >= 4 is 23.5 Å². The molecule has 246 valence electrons. The summed E-state index contributed by atoms with van der Waals surface area (Å²) in [4.78, 5) is 27.0. The summed E-state index contributed by atoms with van der Waals surface area (Å²) in [6.07, 6.45) is 1.60. The van der Waals surface area contributed by atoms with Crippen LogP contribution in [0, 0.1) is 0 Å². The molecule has 0 radical (unpaired) electrons. The number of nitrogens with one attached hydrogen (secondary N) is 2. The van der Waals surface area contributed by atoms with Gasteiger partial charge in [-0.2, -0.15) is 0 Å². The van der Waals surface area contributed by atoms with Crippen molar-refractivity contribution < 1.29 is 44.6 Å². The normalized spacial score (nSPS) is 12.6. The van der Waals surface area contributed by atoms with E-state index in [1.165, 1.54) is 68.8 Å². The van der Waals surface area contributed by atoms with E-state index in [1.807, 2.05) is 6.92 Å². The van der Waals surface area contributed by atoms with Crippen molar-refractivity contribution in [3.05, 3.63) is 101 Å². The number of rotatable bonds is 12. The van der Waals surface area contributed by atoms with Gasteiger partial charge in [-0.25, -0.2) is 0 Å². The Bertz CT molecular complexity index is 1740. The van der Waals surface area contributed by atoms with Gasteiger partial charge in [0.1, 0.15) is 11.5 Å². The monoisotopic (exact) mass is 642 g/mol. The molecule has 4 aromatic carbocycles. The summed E-state index contributed by atoms with van der Waals surface area (Å²) in [5.41, 5.74) is 2.66. The standard InChI is InChI=1S/C36H38N2O9/c1-20(23-5-10-26(39)11-6-23)37-34(43)14-9-25-18-30(41)31(42)19-28(25)29(15-22-16-32(46-3)35(44)33(17-22)47-4)36(45)38-21(2)24-7-12-27(40)13-8-24/h5-8,10-13,15-21,39-42,44H,9,14H2,1-4H3,(H,37,43)(H,38,45)/b29-15+. The van der Waals surface area contributed by atoms with Crippen LogP contribution in [0.3, 0.4) is 0 Å². The number of aromatic hydroxyl groups is 5. The van der Waals surface area contributed by atoms with Crippen LogP contribution < -0.4 is 20.1 Å². The van der Waals surface area contributed by atoms with Gasteiger partial charge in [-0.1, -0.05) is 24.3 Å². The maximum atomic E-state index is 14.0. The first-order valence-corrected chi connectivity index (χ1v) is 14.8. The number of carbonyl (C=O) groups excluding carboxylic acids is 2. The molecule has 0 aromatic heterocycles. The van der Waals surface area contributed by atoms with Crippen molar-refractivity contribution in [3.63, 3.8) is 0 Å². The van der Waals surface area contributed by atoms with Gasteiger partial charge in [0.05, 0.1) is 26.3 Å². The Morgan fingerprint density at radius 3 is 1.72 bits per heavy atom. The SMILES string of the molecule is COc1cc(/C=C(/C(=O)NC(C)c2ccc(O)cc2)c2cc(O)c(O)cc2CCC(=O)NC(C)c2ccc(O)cc2)cc(OC)c1O. The zero-order valence-electron chi connectivity index (χ0n) is 26.4. The maximum absolute atomic E-state index is 14.0. The van der Waals surface area contributed by atoms with Crippen LogP contribution in [0.4, 0.5) is 0 Å². The summed E-state index contributed by atoms with van der Waals surface area (Å²) in [5.74, 6) is -1.58. The smallest absolute Gasteiger partial charge is 0.252 e. The van der Waals surface area contributed by atoms with Gasteiger partial charge in [0.15, 0.2) is 23.0 Å². The van der Waals surface area contributed by atoms with E-state index in [2.05, 4.69) is 10.6 Å². The van der Waals surface area contributed by atoms with Crippen LogP contribution in [0.2, 0.25) is 0 Å². The Labute approximate surface area is 272 Å². The molecule has 0 heterocycles. The molecule has 47 heavy (non-hydrogen) atoms. The maximum Gasteiger partial charge on any atom is 0.252 e. The van der Waals surface area contributed by atoms with Crippen molar-refractivity contribution in [1.82, 2.24) is 10.6 Å². The van der Waals surface area contributed by atoms with E-state index in [0.717, 1.165) is 11.1 Å². The molecule has 4 aromatic rings. The van der Waals surface area contributed by atoms with Crippen LogP contribution >= 0.6 is 0 Å². The highest BCUT2D eigenvalue weighted by Crippen LogP contribution is 2.39. The molecule has 11 nitrogen and oxygen atoms in total. The molecule has 7 N–H and O–H groups in total. The summed E-state index contributed by atoms with van der Waals surface area (Å²) < 4.78 is 10.6. The zero-order chi connectivity index (χ0) is 34.2. The molecular formula is C36H38N2O9. The fourth-order valence-corrected chi connectivity index (χ4v) is 5.04. The molecular weight excluding hydrogens is 604 g/mol. The van der Waals surface area contributed by atoms with Crippen LogP contribution in [-0.2, 0) is 16.0 Å². The summed E-state index contributed by atoms with van der Waals surface area (Å²) in [6, 6.07) is 17.6. The third kappa shape index (κ3) is 8.46. The Balaban J connectivity index is 1.72. The van der Waals surface area contributed by atoms with E-state index in [1.54, 1.807) is 31.2 Å². The number of ether oxygens (including phenoxy) is 2. The van der Waals surface area contributed by atoms with E-state index in [0.29, 0.717) is 11.1 Å². The summed E-state index contributed by atoms with van der Waals surface area (Å²) in [7, 11) is 2.75. The van der Waals surface area contributed by atoms with Gasteiger partial charge in [-0.15, -0.1) is 0 Å². The van der Waals surface area contributed by atoms with Crippen LogP contribution in [-0.4, -0.2) is 51.6 Å². The van der Waals surface area contributed by atoms with Crippen molar-refractivity contribution in [2.75, 3.05) is 14.2 Å². The first-order valence-electron chi connectivity index (χ1n) is 14.8. The van der Waals surface area contributed by atoms with Crippen LogP contribution in [0.15, 0.2) is 72.8 Å². The molecule has 2 unspecified atom stereocenters. The molecule has 4 rings (SSSR count). The summed E-state index contributed by atoms with van der Waals surface area (Å²) >= 11 is 0. The Kier molecular flexibility index (Phi) is 10.8. The third-order valence-electron chi connectivity index (χ3n) is 7.68. The molecule has 2 atom stereocenters. The highest BCUT2D eigenvalue weighted by molar-refractivity contribution is 6.24. The molecule has 0 aliphatic carbocycles. The Hall–Kier alpha value is -5.84. The number of amides is 2. The second-order valence-corrected chi connectivity index (χ2v) is 11.0. The minimum Gasteiger partial charge on any atom is -0.508 e. The van der Waals surface area contributed by atoms with E-state index >= 15 is 0 Å². The predicted octanol–water partition coefficient (Wildman–Crippen LogP) is 5.46. The minimum absolute atomic E-state index is 0.0146. The summed E-state index contributed by atoms with van der Waals surface area (Å²) in [6.45, 7) is 3.58. The van der Waals surface area contributed by atoms with Gasteiger partial charge in [-0.3, -0.25) is 9.59 Å².